The molecule has 0 fully saturated rings. The number of carbonyl (C=O) groups excluding carboxylic acids is 1. The van der Waals surface area contributed by atoms with Crippen LogP contribution in [0.5, 0.6) is 0 Å². The number of nitrogens with one attached hydrogen (secondary N) is 1. The second kappa shape index (κ2) is 7.63. The van der Waals surface area contributed by atoms with E-state index in [0.29, 0.717) is 25.4 Å². The molecule has 0 aromatic carbocycles. The van der Waals surface area contributed by atoms with Gasteiger partial charge in [-0.1, -0.05) is 27.7 Å². The van der Waals surface area contributed by atoms with Gasteiger partial charge in [-0.05, 0) is 18.3 Å². The Bertz CT molecular complexity index is 205. The van der Waals surface area contributed by atoms with Crippen LogP contribution in [-0.2, 0) is 4.79 Å². The molecule has 0 heterocycles. The number of hydrogen-bond acceptors (Lipinski definition) is 3. The second-order valence-electron chi connectivity index (χ2n) is 5.11. The van der Waals surface area contributed by atoms with Gasteiger partial charge in [-0.3, -0.25) is 4.79 Å². The quantitative estimate of drug-likeness (QED) is 0.604. The van der Waals surface area contributed by atoms with Gasteiger partial charge in [0.1, 0.15) is 0 Å². The first-order valence-corrected chi connectivity index (χ1v) is 6.04. The van der Waals surface area contributed by atoms with Gasteiger partial charge in [0.05, 0.1) is 12.0 Å². The van der Waals surface area contributed by atoms with E-state index >= 15 is 0 Å². The number of aliphatic hydroxyl groups excluding tert-OH is 1. The topological polar surface area (TPSA) is 75.3 Å². The third-order valence-electron chi connectivity index (χ3n) is 2.65. The Morgan fingerprint density at radius 3 is 2.25 bits per heavy atom. The molecule has 0 saturated carbocycles. The second-order valence-corrected chi connectivity index (χ2v) is 5.11. The fourth-order valence-corrected chi connectivity index (χ4v) is 1.66. The summed E-state index contributed by atoms with van der Waals surface area (Å²) >= 11 is 0. The molecule has 0 aliphatic rings. The lowest BCUT2D eigenvalue weighted by Crippen LogP contribution is -2.41. The van der Waals surface area contributed by atoms with Crippen LogP contribution in [0, 0.1) is 17.8 Å². The highest BCUT2D eigenvalue weighted by molar-refractivity contribution is 5.79. The lowest BCUT2D eigenvalue weighted by Gasteiger charge is -2.20. The van der Waals surface area contributed by atoms with E-state index in [0.717, 1.165) is 0 Å². The van der Waals surface area contributed by atoms with Gasteiger partial charge in [-0.2, -0.15) is 0 Å². The minimum absolute atomic E-state index is 0.0553. The minimum Gasteiger partial charge on any atom is -0.391 e. The van der Waals surface area contributed by atoms with Crippen molar-refractivity contribution in [3.8, 4) is 0 Å². The van der Waals surface area contributed by atoms with Crippen molar-refractivity contribution in [1.82, 2.24) is 5.32 Å². The summed E-state index contributed by atoms with van der Waals surface area (Å²) in [6.07, 6.45) is 0.240. The van der Waals surface area contributed by atoms with E-state index in [4.69, 9.17) is 5.73 Å². The predicted octanol–water partition coefficient (Wildman–Crippen LogP) is 0.741. The Kier molecular flexibility index (Phi) is 7.34. The molecule has 0 radical (unpaired) electrons. The normalized spacial score (nSPS) is 15.2. The zero-order valence-corrected chi connectivity index (χ0v) is 10.9. The van der Waals surface area contributed by atoms with Gasteiger partial charge in [0.25, 0.3) is 0 Å². The molecule has 0 bridgehead atoms. The lowest BCUT2D eigenvalue weighted by molar-refractivity contribution is -0.126. The number of aliphatic hydroxyl groups is 1. The molecule has 0 aliphatic heterocycles. The Labute approximate surface area is 98.6 Å². The maximum Gasteiger partial charge on any atom is 0.224 e. The van der Waals surface area contributed by atoms with Crippen molar-refractivity contribution in [3.63, 3.8) is 0 Å². The van der Waals surface area contributed by atoms with Crippen molar-refractivity contribution < 1.29 is 9.90 Å². The maximum atomic E-state index is 11.7. The van der Waals surface area contributed by atoms with E-state index in [1.165, 1.54) is 0 Å². The minimum atomic E-state index is -0.463. The molecule has 96 valence electrons. The van der Waals surface area contributed by atoms with Crippen LogP contribution in [-0.4, -0.2) is 30.2 Å². The van der Waals surface area contributed by atoms with Gasteiger partial charge in [-0.15, -0.1) is 0 Å². The van der Waals surface area contributed by atoms with Gasteiger partial charge in [0, 0.05) is 13.1 Å². The summed E-state index contributed by atoms with van der Waals surface area (Å²) in [5.74, 6) is 0.445. The standard InChI is InChI=1S/C12H26N2O2/c1-8(2)5-10(15)7-14-12(16)11(6-13)9(3)4/h8-11,15H,5-7,13H2,1-4H3,(H,14,16). The summed E-state index contributed by atoms with van der Waals surface area (Å²) in [7, 11) is 0. The molecule has 4 heteroatoms. The van der Waals surface area contributed by atoms with Crippen molar-refractivity contribution in [2.24, 2.45) is 23.5 Å². The zero-order chi connectivity index (χ0) is 12.7. The number of amides is 1. The van der Waals surface area contributed by atoms with Crippen molar-refractivity contribution in [2.45, 2.75) is 40.2 Å². The molecule has 4 nitrogen and oxygen atoms in total. The molecule has 16 heavy (non-hydrogen) atoms. The Morgan fingerprint density at radius 2 is 1.88 bits per heavy atom. The van der Waals surface area contributed by atoms with E-state index < -0.39 is 6.10 Å². The summed E-state index contributed by atoms with van der Waals surface area (Å²) in [6, 6.07) is 0. The van der Waals surface area contributed by atoms with Crippen LogP contribution in [0.25, 0.3) is 0 Å². The maximum absolute atomic E-state index is 11.7. The van der Waals surface area contributed by atoms with E-state index in [1.807, 2.05) is 27.7 Å². The highest BCUT2D eigenvalue weighted by atomic mass is 16.3. The fourth-order valence-electron chi connectivity index (χ4n) is 1.66. The van der Waals surface area contributed by atoms with Crippen molar-refractivity contribution >= 4 is 5.91 Å². The molecular formula is C12H26N2O2. The lowest BCUT2D eigenvalue weighted by atomic mass is 9.95. The first kappa shape index (κ1) is 15.4. The molecule has 0 spiro atoms. The highest BCUT2D eigenvalue weighted by Crippen LogP contribution is 2.09. The Morgan fingerprint density at radius 1 is 1.31 bits per heavy atom. The molecule has 2 unspecified atom stereocenters. The van der Waals surface area contributed by atoms with Crippen LogP contribution < -0.4 is 11.1 Å². The predicted molar refractivity (Wildman–Crippen MR) is 65.9 cm³/mol. The van der Waals surface area contributed by atoms with Crippen LogP contribution in [0.1, 0.15) is 34.1 Å². The van der Waals surface area contributed by atoms with Gasteiger partial charge in [0.15, 0.2) is 0 Å². The first-order chi connectivity index (χ1) is 7.38. The van der Waals surface area contributed by atoms with E-state index in [1.54, 1.807) is 0 Å². The van der Waals surface area contributed by atoms with Crippen molar-refractivity contribution in [3.05, 3.63) is 0 Å². The molecule has 0 saturated heterocycles. The summed E-state index contributed by atoms with van der Waals surface area (Å²) < 4.78 is 0. The highest BCUT2D eigenvalue weighted by Gasteiger charge is 2.20. The molecule has 4 N–H and O–H groups in total. The summed E-state index contributed by atoms with van der Waals surface area (Å²) in [5.41, 5.74) is 5.54. The van der Waals surface area contributed by atoms with Crippen LogP contribution in [0.4, 0.5) is 0 Å². The van der Waals surface area contributed by atoms with E-state index in [-0.39, 0.29) is 17.7 Å². The molecular weight excluding hydrogens is 204 g/mol. The number of nitrogens with two attached hydrogens (primary N) is 1. The average molecular weight is 230 g/mol. The van der Waals surface area contributed by atoms with Crippen LogP contribution in [0.15, 0.2) is 0 Å². The van der Waals surface area contributed by atoms with Gasteiger partial charge >= 0.3 is 0 Å². The van der Waals surface area contributed by atoms with Gasteiger partial charge in [0.2, 0.25) is 5.91 Å². The molecule has 2 atom stereocenters. The molecule has 0 aromatic rings. The summed E-state index contributed by atoms with van der Waals surface area (Å²) in [4.78, 5) is 11.7. The van der Waals surface area contributed by atoms with Crippen LogP contribution >= 0.6 is 0 Å². The zero-order valence-electron chi connectivity index (χ0n) is 10.9. The largest absolute Gasteiger partial charge is 0.391 e. The SMILES string of the molecule is CC(C)CC(O)CNC(=O)C(CN)C(C)C. The summed E-state index contributed by atoms with van der Waals surface area (Å²) in [5, 5.41) is 12.4. The smallest absolute Gasteiger partial charge is 0.224 e. The van der Waals surface area contributed by atoms with E-state index in [9.17, 15) is 9.90 Å². The average Bonchev–Trinajstić information content (AvgIpc) is 2.14. The third-order valence-corrected chi connectivity index (χ3v) is 2.65. The fraction of sp³-hybridized carbons (Fsp3) is 0.917. The third kappa shape index (κ3) is 6.08. The summed E-state index contributed by atoms with van der Waals surface area (Å²) in [6.45, 7) is 8.71. The molecule has 0 rings (SSSR count). The van der Waals surface area contributed by atoms with Gasteiger partial charge in [-0.25, -0.2) is 0 Å². The van der Waals surface area contributed by atoms with Crippen molar-refractivity contribution in [2.75, 3.05) is 13.1 Å². The molecule has 1 amide bonds. The Hall–Kier alpha value is -0.610. The van der Waals surface area contributed by atoms with Crippen LogP contribution in [0.2, 0.25) is 0 Å². The first-order valence-electron chi connectivity index (χ1n) is 6.04. The number of carbonyl (C=O) groups is 1. The van der Waals surface area contributed by atoms with Crippen molar-refractivity contribution in [1.29, 1.82) is 0 Å². The van der Waals surface area contributed by atoms with Crippen LogP contribution in [0.3, 0.4) is 0 Å². The molecule has 0 aliphatic carbocycles. The number of rotatable bonds is 7. The number of hydrogen-bond donors (Lipinski definition) is 3. The monoisotopic (exact) mass is 230 g/mol. The molecule has 0 aromatic heterocycles. The van der Waals surface area contributed by atoms with E-state index in [2.05, 4.69) is 5.32 Å². The Balaban J connectivity index is 3.96. The van der Waals surface area contributed by atoms with Gasteiger partial charge < -0.3 is 16.2 Å².